The van der Waals surface area contributed by atoms with Crippen molar-refractivity contribution in [3.63, 3.8) is 0 Å². The van der Waals surface area contributed by atoms with E-state index in [0.717, 1.165) is 0 Å². The molecule has 0 saturated heterocycles. The van der Waals surface area contributed by atoms with Gasteiger partial charge in [-0.05, 0) is 11.5 Å². The second-order valence-corrected chi connectivity index (χ2v) is 7.67. The van der Waals surface area contributed by atoms with Crippen LogP contribution in [0.4, 0.5) is 5.69 Å². The molecule has 2 rings (SSSR count). The number of rotatable bonds is 5. The number of hydrogen-bond acceptors (Lipinski definition) is 5. The van der Waals surface area contributed by atoms with Crippen molar-refractivity contribution < 1.29 is 19.2 Å². The van der Waals surface area contributed by atoms with E-state index in [9.17, 15) is 19.7 Å². The van der Waals surface area contributed by atoms with Gasteiger partial charge in [0.15, 0.2) is 0 Å². The minimum Gasteiger partial charge on any atom is -0.444 e. The van der Waals surface area contributed by atoms with Crippen molar-refractivity contribution in [3.8, 4) is 0 Å². The molecule has 2 aromatic carbocycles. The van der Waals surface area contributed by atoms with Gasteiger partial charge in [-0.2, -0.15) is 0 Å². The van der Waals surface area contributed by atoms with Crippen LogP contribution in [0.15, 0.2) is 48.5 Å². The van der Waals surface area contributed by atoms with Crippen molar-refractivity contribution in [1.29, 1.82) is 0 Å². The molecule has 1 amide bonds. The summed E-state index contributed by atoms with van der Waals surface area (Å²) in [6.45, 7) is 5.57. The van der Waals surface area contributed by atoms with E-state index in [4.69, 9.17) is 4.74 Å². The Bertz CT molecular complexity index is 885. The van der Waals surface area contributed by atoms with E-state index in [-0.39, 0.29) is 11.3 Å². The van der Waals surface area contributed by atoms with Gasteiger partial charge in [0.05, 0.1) is 10.5 Å². The molecule has 0 aliphatic carbocycles. The highest BCUT2D eigenvalue weighted by atomic mass is 16.6. The van der Waals surface area contributed by atoms with E-state index < -0.39 is 28.3 Å². The Morgan fingerprint density at radius 3 is 2.18 bits per heavy atom. The van der Waals surface area contributed by atoms with Gasteiger partial charge >= 0.3 is 5.97 Å². The van der Waals surface area contributed by atoms with Gasteiger partial charge in [-0.1, -0.05) is 57.2 Å². The van der Waals surface area contributed by atoms with Crippen LogP contribution in [-0.4, -0.2) is 35.8 Å². The van der Waals surface area contributed by atoms with Crippen molar-refractivity contribution in [2.75, 3.05) is 14.1 Å². The lowest BCUT2D eigenvalue weighted by atomic mass is 9.85. The number of ether oxygens (including phenoxy) is 1. The summed E-state index contributed by atoms with van der Waals surface area (Å²) in [7, 11) is 3.13. The molecule has 0 N–H and O–H groups in total. The van der Waals surface area contributed by atoms with Crippen molar-refractivity contribution in [3.05, 3.63) is 75.3 Å². The largest absolute Gasteiger partial charge is 0.444 e. The van der Waals surface area contributed by atoms with Crippen LogP contribution >= 0.6 is 0 Å². The number of esters is 1. The van der Waals surface area contributed by atoms with E-state index in [1.54, 1.807) is 50.5 Å². The molecule has 148 valence electrons. The monoisotopic (exact) mass is 384 g/mol. The van der Waals surface area contributed by atoms with Crippen LogP contribution in [0.5, 0.6) is 0 Å². The van der Waals surface area contributed by atoms with Gasteiger partial charge < -0.3 is 9.64 Å². The molecule has 0 radical (unpaired) electrons. The minimum absolute atomic E-state index is 0.0205. The minimum atomic E-state index is -1.13. The number of nitro groups is 1. The molecule has 7 heteroatoms. The third-order valence-electron chi connectivity index (χ3n) is 4.23. The summed E-state index contributed by atoms with van der Waals surface area (Å²) in [6.07, 6.45) is -1.13. The topological polar surface area (TPSA) is 89.8 Å². The number of nitrogens with zero attached hydrogens (tertiary/aromatic N) is 2. The van der Waals surface area contributed by atoms with Crippen LogP contribution in [0.1, 0.15) is 48.4 Å². The number of carbonyl (C=O) groups is 2. The number of hydrogen-bond donors (Lipinski definition) is 0. The zero-order chi connectivity index (χ0) is 21.1. The lowest BCUT2D eigenvalue weighted by Crippen LogP contribution is -2.31. The van der Waals surface area contributed by atoms with Crippen molar-refractivity contribution >= 4 is 17.6 Å². The van der Waals surface area contributed by atoms with Crippen LogP contribution in [0.2, 0.25) is 0 Å². The highest BCUT2D eigenvalue weighted by Gasteiger charge is 2.30. The van der Waals surface area contributed by atoms with Crippen LogP contribution < -0.4 is 0 Å². The summed E-state index contributed by atoms with van der Waals surface area (Å²) in [5.41, 5.74) is 0.441. The molecule has 0 bridgehead atoms. The highest BCUT2D eigenvalue weighted by molar-refractivity contribution is 5.93. The maximum atomic E-state index is 12.7. The first-order valence-electron chi connectivity index (χ1n) is 8.78. The maximum absolute atomic E-state index is 12.7. The first-order valence-corrected chi connectivity index (χ1v) is 8.78. The van der Waals surface area contributed by atoms with E-state index in [1.807, 2.05) is 20.8 Å². The van der Waals surface area contributed by atoms with Gasteiger partial charge in [0.1, 0.15) is 0 Å². The zero-order valence-electron chi connectivity index (χ0n) is 16.6. The lowest BCUT2D eigenvalue weighted by Gasteiger charge is -2.22. The molecular weight excluding hydrogens is 360 g/mol. The number of amides is 1. The highest BCUT2D eigenvalue weighted by Crippen LogP contribution is 2.32. The average molecular weight is 384 g/mol. The number of carbonyl (C=O) groups excluding carboxylic acids is 2. The molecular formula is C21H24N2O5. The fourth-order valence-corrected chi connectivity index (χ4v) is 2.74. The summed E-state index contributed by atoms with van der Waals surface area (Å²) in [4.78, 5) is 37.5. The molecule has 2 aromatic rings. The first-order chi connectivity index (χ1) is 13.0. The average Bonchev–Trinajstić information content (AvgIpc) is 2.64. The zero-order valence-corrected chi connectivity index (χ0v) is 16.6. The third kappa shape index (κ3) is 4.73. The van der Waals surface area contributed by atoms with Crippen molar-refractivity contribution in [1.82, 2.24) is 4.90 Å². The molecule has 0 aliphatic rings. The molecule has 0 saturated carbocycles. The summed E-state index contributed by atoms with van der Waals surface area (Å²) in [6, 6.07) is 12.9. The van der Waals surface area contributed by atoms with Gasteiger partial charge in [-0.25, -0.2) is 4.79 Å². The predicted octanol–water partition coefficient (Wildman–Crippen LogP) is 3.88. The Balaban J connectivity index is 2.40. The molecule has 1 unspecified atom stereocenters. The molecule has 7 nitrogen and oxygen atoms in total. The molecule has 0 aromatic heterocycles. The quantitative estimate of drug-likeness (QED) is 0.443. The van der Waals surface area contributed by atoms with Crippen LogP contribution in [0.3, 0.4) is 0 Å². The van der Waals surface area contributed by atoms with Gasteiger partial charge in [0, 0.05) is 31.3 Å². The Morgan fingerprint density at radius 1 is 1.07 bits per heavy atom. The molecule has 0 fully saturated rings. The first kappa shape index (κ1) is 21.1. The summed E-state index contributed by atoms with van der Waals surface area (Å²) in [5, 5.41) is 11.5. The van der Waals surface area contributed by atoms with Crippen LogP contribution in [-0.2, 0) is 14.9 Å². The summed E-state index contributed by atoms with van der Waals surface area (Å²) < 4.78 is 5.45. The fourth-order valence-electron chi connectivity index (χ4n) is 2.74. The molecule has 0 aliphatic heterocycles. The van der Waals surface area contributed by atoms with Gasteiger partial charge in [-0.15, -0.1) is 0 Å². The SMILES string of the molecule is CN(C)C(=O)C(OC(=O)c1ccc(C(C)(C)C)c([N+](=O)[O-])c1)c1ccccc1. The van der Waals surface area contributed by atoms with E-state index in [0.29, 0.717) is 11.1 Å². The fraction of sp³-hybridized carbons (Fsp3) is 0.333. The molecule has 28 heavy (non-hydrogen) atoms. The van der Waals surface area contributed by atoms with E-state index in [1.165, 1.54) is 17.0 Å². The van der Waals surface area contributed by atoms with Gasteiger partial charge in [0.25, 0.3) is 11.6 Å². The van der Waals surface area contributed by atoms with Crippen molar-refractivity contribution in [2.45, 2.75) is 32.3 Å². The van der Waals surface area contributed by atoms with Gasteiger partial charge in [-0.3, -0.25) is 14.9 Å². The number of nitro benzene ring substituents is 1. The molecule has 0 spiro atoms. The van der Waals surface area contributed by atoms with Crippen LogP contribution in [0, 0.1) is 10.1 Å². The maximum Gasteiger partial charge on any atom is 0.339 e. The normalized spacial score (nSPS) is 12.2. The lowest BCUT2D eigenvalue weighted by molar-refractivity contribution is -0.386. The molecule has 1 atom stereocenters. The van der Waals surface area contributed by atoms with Crippen molar-refractivity contribution in [2.24, 2.45) is 0 Å². The van der Waals surface area contributed by atoms with Crippen LogP contribution in [0.25, 0.3) is 0 Å². The Morgan fingerprint density at radius 2 is 1.68 bits per heavy atom. The second-order valence-electron chi connectivity index (χ2n) is 7.67. The summed E-state index contributed by atoms with van der Waals surface area (Å²) >= 11 is 0. The smallest absolute Gasteiger partial charge is 0.339 e. The number of likely N-dealkylation sites (N-methyl/N-ethyl adjacent to an activating group) is 1. The Labute approximate surface area is 164 Å². The summed E-state index contributed by atoms with van der Waals surface area (Å²) in [5.74, 6) is -1.20. The molecule has 0 heterocycles. The second kappa shape index (κ2) is 8.21. The Kier molecular flexibility index (Phi) is 6.18. The Hall–Kier alpha value is -3.22. The van der Waals surface area contributed by atoms with E-state index >= 15 is 0 Å². The van der Waals surface area contributed by atoms with E-state index in [2.05, 4.69) is 0 Å². The van der Waals surface area contributed by atoms with Gasteiger partial charge in [0.2, 0.25) is 6.10 Å². The third-order valence-corrected chi connectivity index (χ3v) is 4.23. The predicted molar refractivity (Wildman–Crippen MR) is 105 cm³/mol. The number of benzene rings is 2. The standard InChI is InChI=1S/C21H24N2O5/c1-21(2,3)16-12-11-15(13-17(16)23(26)27)20(25)28-18(19(24)22(4)5)14-9-7-6-8-10-14/h6-13,18H,1-5H3.